The third-order valence-electron chi connectivity index (χ3n) is 8.60. The summed E-state index contributed by atoms with van der Waals surface area (Å²) in [6.07, 6.45) is -1.75. The first-order valence-electron chi connectivity index (χ1n) is 16.0. The van der Waals surface area contributed by atoms with E-state index in [9.17, 15) is 22.8 Å². The molecule has 244 valence electrons. The average molecular weight is 640 g/mol. The Morgan fingerprint density at radius 1 is 0.745 bits per heavy atom. The van der Waals surface area contributed by atoms with Crippen molar-refractivity contribution in [3.63, 3.8) is 0 Å². The van der Waals surface area contributed by atoms with E-state index >= 15 is 0 Å². The molecule has 1 N–H and O–H groups in total. The van der Waals surface area contributed by atoms with Gasteiger partial charge in [-0.2, -0.15) is 13.2 Å². The molecule has 0 spiro atoms. The summed E-state index contributed by atoms with van der Waals surface area (Å²) in [4.78, 5) is 32.5. The molecule has 0 saturated carbocycles. The van der Waals surface area contributed by atoms with E-state index in [-0.39, 0.29) is 24.4 Å². The highest BCUT2D eigenvalue weighted by Gasteiger charge is 2.34. The Bertz CT molecular complexity index is 1630. The second kappa shape index (κ2) is 15.7. The molecule has 1 aliphatic rings. The van der Waals surface area contributed by atoms with Crippen LogP contribution >= 0.6 is 0 Å². The molecule has 1 saturated heterocycles. The van der Waals surface area contributed by atoms with Crippen LogP contribution in [0.5, 0.6) is 0 Å². The molecule has 0 aliphatic carbocycles. The van der Waals surface area contributed by atoms with Crippen LogP contribution in [0.4, 0.5) is 13.2 Å². The SMILES string of the molecule is CCc1ccc(CNC(=O)C(=Cc2ccc(C(F)(F)F)cc2)[C@H](Cc2ccccc2)C(=O)N2CCN(Cc3ccccc3)CC2)cc1. The van der Waals surface area contributed by atoms with Crippen molar-refractivity contribution in [1.82, 2.24) is 15.1 Å². The number of aryl methyl sites for hydroxylation is 1. The molecule has 0 radical (unpaired) electrons. The maximum atomic E-state index is 14.4. The van der Waals surface area contributed by atoms with Crippen molar-refractivity contribution in [3.8, 4) is 0 Å². The zero-order chi connectivity index (χ0) is 33.2. The van der Waals surface area contributed by atoms with E-state index in [1.807, 2.05) is 77.7 Å². The summed E-state index contributed by atoms with van der Waals surface area (Å²) in [5, 5.41) is 2.98. The van der Waals surface area contributed by atoms with Crippen LogP contribution in [0.15, 0.2) is 115 Å². The van der Waals surface area contributed by atoms with Gasteiger partial charge in [-0.15, -0.1) is 0 Å². The van der Waals surface area contributed by atoms with Crippen molar-refractivity contribution >= 4 is 17.9 Å². The van der Waals surface area contributed by atoms with Crippen LogP contribution < -0.4 is 5.32 Å². The largest absolute Gasteiger partial charge is 0.416 e. The number of benzene rings is 4. The molecular weight excluding hydrogens is 599 g/mol. The predicted octanol–water partition coefficient (Wildman–Crippen LogP) is 7.17. The van der Waals surface area contributed by atoms with Gasteiger partial charge in [-0.1, -0.05) is 104 Å². The topological polar surface area (TPSA) is 52.7 Å². The van der Waals surface area contributed by atoms with Crippen molar-refractivity contribution in [1.29, 1.82) is 0 Å². The van der Waals surface area contributed by atoms with Crippen LogP contribution in [-0.4, -0.2) is 47.8 Å². The molecule has 4 aromatic carbocycles. The molecule has 2 amide bonds. The first kappa shape index (κ1) is 33.7. The molecule has 4 aromatic rings. The van der Waals surface area contributed by atoms with Gasteiger partial charge in [-0.05, 0) is 58.9 Å². The van der Waals surface area contributed by atoms with E-state index in [0.29, 0.717) is 31.7 Å². The number of hydrogen-bond acceptors (Lipinski definition) is 3. The molecule has 1 heterocycles. The molecule has 1 atom stereocenters. The highest BCUT2D eigenvalue weighted by molar-refractivity contribution is 6.04. The third kappa shape index (κ3) is 9.42. The zero-order valence-electron chi connectivity index (χ0n) is 26.5. The number of piperazine rings is 1. The lowest BCUT2D eigenvalue weighted by Crippen LogP contribution is -2.51. The van der Waals surface area contributed by atoms with E-state index in [1.54, 1.807) is 6.08 Å². The lowest BCUT2D eigenvalue weighted by molar-refractivity contribution is -0.138. The molecule has 1 fully saturated rings. The number of hydrogen-bond donors (Lipinski definition) is 1. The van der Waals surface area contributed by atoms with Gasteiger partial charge in [0.1, 0.15) is 0 Å². The lowest BCUT2D eigenvalue weighted by Gasteiger charge is -2.37. The molecule has 5 nitrogen and oxygen atoms in total. The van der Waals surface area contributed by atoms with Crippen LogP contribution in [-0.2, 0) is 41.7 Å². The summed E-state index contributed by atoms with van der Waals surface area (Å²) in [6.45, 7) is 5.51. The third-order valence-corrected chi connectivity index (χ3v) is 8.60. The summed E-state index contributed by atoms with van der Waals surface area (Å²) in [5.41, 5.74) is 4.03. The van der Waals surface area contributed by atoms with Crippen molar-refractivity contribution in [3.05, 3.63) is 148 Å². The lowest BCUT2D eigenvalue weighted by atomic mass is 9.88. The molecule has 8 heteroatoms. The fourth-order valence-corrected chi connectivity index (χ4v) is 5.82. The second-order valence-electron chi connectivity index (χ2n) is 11.9. The highest BCUT2D eigenvalue weighted by atomic mass is 19.4. The summed E-state index contributed by atoms with van der Waals surface area (Å²) in [7, 11) is 0. The summed E-state index contributed by atoms with van der Waals surface area (Å²) in [6, 6.07) is 32.3. The molecule has 47 heavy (non-hydrogen) atoms. The normalized spacial score (nSPS) is 14.9. The van der Waals surface area contributed by atoms with Crippen LogP contribution in [0, 0.1) is 5.92 Å². The van der Waals surface area contributed by atoms with Crippen LogP contribution in [0.1, 0.15) is 40.3 Å². The van der Waals surface area contributed by atoms with E-state index in [1.165, 1.54) is 23.3 Å². The van der Waals surface area contributed by atoms with Gasteiger partial charge in [-0.25, -0.2) is 0 Å². The molecule has 0 aromatic heterocycles. The van der Waals surface area contributed by atoms with Crippen LogP contribution in [0.25, 0.3) is 6.08 Å². The van der Waals surface area contributed by atoms with Crippen LogP contribution in [0.3, 0.4) is 0 Å². The fraction of sp³-hybridized carbons (Fsp3) is 0.282. The van der Waals surface area contributed by atoms with Crippen LogP contribution in [0.2, 0.25) is 0 Å². The monoisotopic (exact) mass is 639 g/mol. The van der Waals surface area contributed by atoms with Gasteiger partial charge in [0.2, 0.25) is 11.8 Å². The number of alkyl halides is 3. The Morgan fingerprint density at radius 3 is 1.89 bits per heavy atom. The van der Waals surface area contributed by atoms with Gasteiger partial charge in [0.15, 0.2) is 0 Å². The first-order chi connectivity index (χ1) is 22.7. The number of carbonyl (C=O) groups excluding carboxylic acids is 2. The van der Waals surface area contributed by atoms with E-state index in [2.05, 4.69) is 29.3 Å². The van der Waals surface area contributed by atoms with E-state index in [4.69, 9.17) is 0 Å². The Kier molecular flexibility index (Phi) is 11.3. The average Bonchev–Trinajstić information content (AvgIpc) is 3.09. The molecule has 0 unspecified atom stereocenters. The van der Waals surface area contributed by atoms with E-state index < -0.39 is 23.6 Å². The number of rotatable bonds is 11. The molecular formula is C39H40F3N3O2. The van der Waals surface area contributed by atoms with Gasteiger partial charge in [0, 0.05) is 44.8 Å². The molecule has 5 rings (SSSR count). The molecule has 1 aliphatic heterocycles. The summed E-state index contributed by atoms with van der Waals surface area (Å²) in [5.74, 6) is -1.45. The molecule has 0 bridgehead atoms. The van der Waals surface area contributed by atoms with Gasteiger partial charge in [0.05, 0.1) is 11.5 Å². The number of nitrogens with zero attached hydrogens (tertiary/aromatic N) is 2. The van der Waals surface area contributed by atoms with Crippen molar-refractivity contribution in [2.24, 2.45) is 5.92 Å². The Balaban J connectivity index is 1.43. The number of amides is 2. The van der Waals surface area contributed by atoms with E-state index in [0.717, 1.165) is 36.2 Å². The Hall–Kier alpha value is -4.69. The number of halogens is 3. The van der Waals surface area contributed by atoms with Gasteiger partial charge in [0.25, 0.3) is 0 Å². The Morgan fingerprint density at radius 2 is 1.32 bits per heavy atom. The summed E-state index contributed by atoms with van der Waals surface area (Å²) < 4.78 is 40.0. The minimum absolute atomic E-state index is 0.172. The van der Waals surface area contributed by atoms with Gasteiger partial charge in [-0.3, -0.25) is 14.5 Å². The minimum atomic E-state index is -4.48. The highest BCUT2D eigenvalue weighted by Crippen LogP contribution is 2.30. The smallest absolute Gasteiger partial charge is 0.348 e. The van der Waals surface area contributed by atoms with Crippen molar-refractivity contribution in [2.45, 2.75) is 39.0 Å². The maximum Gasteiger partial charge on any atom is 0.416 e. The van der Waals surface area contributed by atoms with Crippen molar-refractivity contribution in [2.75, 3.05) is 26.2 Å². The minimum Gasteiger partial charge on any atom is -0.348 e. The quantitative estimate of drug-likeness (QED) is 0.177. The number of carbonyl (C=O) groups is 2. The number of nitrogens with one attached hydrogen (secondary N) is 1. The second-order valence-corrected chi connectivity index (χ2v) is 11.9. The van der Waals surface area contributed by atoms with Gasteiger partial charge >= 0.3 is 6.18 Å². The zero-order valence-corrected chi connectivity index (χ0v) is 26.5. The predicted molar refractivity (Wildman–Crippen MR) is 179 cm³/mol. The maximum absolute atomic E-state index is 14.4. The standard InChI is InChI=1S/C39H40F3N3O2/c1-2-29-13-15-32(16-14-29)27-43-37(46)35(25-31-17-19-34(20-18-31)39(40,41)42)36(26-30-9-5-3-6-10-30)38(47)45-23-21-44(22-24-45)28-33-11-7-4-8-12-33/h3-20,25,36H,2,21-24,26-28H2,1H3,(H,43,46)/t36-/m0/s1. The Labute approximate surface area is 274 Å². The fourth-order valence-electron chi connectivity index (χ4n) is 5.82. The van der Waals surface area contributed by atoms with Gasteiger partial charge < -0.3 is 10.2 Å². The summed E-state index contributed by atoms with van der Waals surface area (Å²) >= 11 is 0. The van der Waals surface area contributed by atoms with Crippen molar-refractivity contribution < 1.29 is 22.8 Å². The first-order valence-corrected chi connectivity index (χ1v) is 16.0.